The number of fused-ring (bicyclic) bond motifs is 1. The Kier molecular flexibility index (Phi) is 5.86. The molecule has 1 aliphatic heterocycles. The Morgan fingerprint density at radius 1 is 1.10 bits per heavy atom. The summed E-state index contributed by atoms with van der Waals surface area (Å²) >= 11 is 0. The predicted octanol–water partition coefficient (Wildman–Crippen LogP) is 4.23. The van der Waals surface area contributed by atoms with E-state index in [9.17, 15) is 22.8 Å². The molecule has 0 atom stereocenters. The van der Waals surface area contributed by atoms with E-state index in [2.05, 4.69) is 20.5 Å². The number of carbonyl (C=O) groups is 2. The molecule has 5 heterocycles. The minimum absolute atomic E-state index is 0.0165. The maximum atomic E-state index is 13.3. The summed E-state index contributed by atoms with van der Waals surface area (Å²) in [6.07, 6.45) is 4.06. The molecule has 6 rings (SSSR count). The fourth-order valence-electron chi connectivity index (χ4n) is 5.68. The van der Waals surface area contributed by atoms with Gasteiger partial charge in [0, 0.05) is 67.9 Å². The number of nitrogens with one attached hydrogen (secondary N) is 1. The highest BCUT2D eigenvalue weighted by Crippen LogP contribution is 2.50. The number of likely N-dealkylation sites (tertiary alicyclic amines) is 1. The number of nitrogens with zero attached hydrogens (tertiary/aromatic N) is 7. The third-order valence-electron chi connectivity index (χ3n) is 8.15. The van der Waals surface area contributed by atoms with Crippen molar-refractivity contribution in [3.05, 3.63) is 66.0 Å². The van der Waals surface area contributed by atoms with Gasteiger partial charge in [-0.05, 0) is 31.9 Å². The molecule has 1 saturated heterocycles. The van der Waals surface area contributed by atoms with Gasteiger partial charge in [-0.1, -0.05) is 6.07 Å². The van der Waals surface area contributed by atoms with Crippen LogP contribution in [0.2, 0.25) is 0 Å². The number of carbonyl (C=O) groups excluding carboxylic acids is 2. The van der Waals surface area contributed by atoms with E-state index in [1.807, 2.05) is 32.3 Å². The molecule has 3 amide bonds. The molecular weight excluding hydrogens is 525 g/mol. The zero-order valence-electron chi connectivity index (χ0n) is 22.1. The summed E-state index contributed by atoms with van der Waals surface area (Å²) in [4.78, 5) is 32.8. The monoisotopic (exact) mass is 552 g/mol. The molecule has 0 unspecified atom stereocenters. The van der Waals surface area contributed by atoms with Crippen LogP contribution in [0, 0.1) is 12.3 Å². The second-order valence-corrected chi connectivity index (χ2v) is 10.8. The first-order chi connectivity index (χ1) is 18.9. The number of hydrogen-bond donors (Lipinski definition) is 1. The van der Waals surface area contributed by atoms with Crippen molar-refractivity contribution in [1.29, 1.82) is 0 Å². The average Bonchev–Trinajstić information content (AvgIpc) is 3.44. The summed E-state index contributed by atoms with van der Waals surface area (Å²) in [6.45, 7) is 3.16. The Morgan fingerprint density at radius 3 is 2.52 bits per heavy atom. The minimum atomic E-state index is -4.54. The first kappa shape index (κ1) is 25.8. The molecule has 2 fully saturated rings. The highest BCUT2D eigenvalue weighted by atomic mass is 19.4. The fourth-order valence-corrected chi connectivity index (χ4v) is 5.68. The van der Waals surface area contributed by atoms with Crippen LogP contribution in [0.4, 0.5) is 23.7 Å². The number of halogens is 3. The predicted molar refractivity (Wildman–Crippen MR) is 140 cm³/mol. The van der Waals surface area contributed by atoms with E-state index in [-0.39, 0.29) is 23.1 Å². The lowest BCUT2D eigenvalue weighted by Gasteiger charge is -2.60. The molecule has 1 saturated carbocycles. The van der Waals surface area contributed by atoms with Gasteiger partial charge in [-0.3, -0.25) is 14.5 Å². The number of alkyl halides is 3. The zero-order valence-corrected chi connectivity index (χ0v) is 22.1. The Bertz CT molecular complexity index is 1630. The lowest BCUT2D eigenvalue weighted by molar-refractivity contribution is -0.137. The molecule has 0 radical (unpaired) electrons. The molecule has 13 heteroatoms. The van der Waals surface area contributed by atoms with Gasteiger partial charge in [-0.2, -0.15) is 23.4 Å². The Labute approximate surface area is 227 Å². The van der Waals surface area contributed by atoms with Gasteiger partial charge < -0.3 is 15.1 Å². The van der Waals surface area contributed by atoms with Gasteiger partial charge in [-0.25, -0.2) is 9.31 Å². The maximum absolute atomic E-state index is 13.3. The van der Waals surface area contributed by atoms with Crippen molar-refractivity contribution < 1.29 is 22.8 Å². The zero-order chi connectivity index (χ0) is 28.4. The molecular formula is C27H27F3N8O2. The van der Waals surface area contributed by atoms with Crippen LogP contribution in [-0.4, -0.2) is 72.3 Å². The molecule has 208 valence electrons. The van der Waals surface area contributed by atoms with Crippen molar-refractivity contribution in [2.24, 2.45) is 12.5 Å². The van der Waals surface area contributed by atoms with Crippen molar-refractivity contribution in [2.75, 3.05) is 25.5 Å². The largest absolute Gasteiger partial charge is 0.417 e. The van der Waals surface area contributed by atoms with Crippen LogP contribution in [0.25, 0.3) is 16.6 Å². The second-order valence-electron chi connectivity index (χ2n) is 10.8. The standard InChI is InChI=1S/C27H27F3N8O2/c1-16-21(11-32-36(16)3)17-4-5-23-22(12-33-38(23)13-17)24(39)37-14-26(15-37)7-20(8-26)35(2)25(40)34-19-6-18(9-31-10-19)27(28,29)30/h4-6,9-13,20H,7-8,14-15H2,1-3H3,(H,34,40). The molecule has 10 nitrogen and oxygen atoms in total. The summed E-state index contributed by atoms with van der Waals surface area (Å²) < 4.78 is 42.3. The van der Waals surface area contributed by atoms with Crippen LogP contribution >= 0.6 is 0 Å². The molecule has 0 bridgehead atoms. The van der Waals surface area contributed by atoms with Crippen molar-refractivity contribution >= 4 is 23.1 Å². The Hall–Kier alpha value is -4.42. The maximum Gasteiger partial charge on any atom is 0.417 e. The lowest BCUT2D eigenvalue weighted by Crippen LogP contribution is -2.67. The van der Waals surface area contributed by atoms with Crippen LogP contribution < -0.4 is 5.32 Å². The topological polar surface area (TPSA) is 101 Å². The van der Waals surface area contributed by atoms with Gasteiger partial charge in [0.25, 0.3) is 5.91 Å². The molecule has 1 aliphatic carbocycles. The molecule has 40 heavy (non-hydrogen) atoms. The highest BCUT2D eigenvalue weighted by Gasteiger charge is 2.55. The van der Waals surface area contributed by atoms with Gasteiger partial charge >= 0.3 is 12.2 Å². The first-order valence-electron chi connectivity index (χ1n) is 12.8. The van der Waals surface area contributed by atoms with E-state index in [1.165, 1.54) is 11.1 Å². The van der Waals surface area contributed by atoms with E-state index >= 15 is 0 Å². The summed E-state index contributed by atoms with van der Waals surface area (Å²) in [7, 11) is 3.51. The summed E-state index contributed by atoms with van der Waals surface area (Å²) in [5, 5.41) is 11.2. The summed E-state index contributed by atoms with van der Waals surface area (Å²) in [5.74, 6) is -0.0856. The Morgan fingerprint density at radius 2 is 1.85 bits per heavy atom. The smallest absolute Gasteiger partial charge is 0.337 e. The molecule has 4 aromatic rings. The molecule has 4 aromatic heterocycles. The van der Waals surface area contributed by atoms with Gasteiger partial charge in [0.2, 0.25) is 0 Å². The van der Waals surface area contributed by atoms with E-state index in [0.29, 0.717) is 37.7 Å². The normalized spacial score (nSPS) is 16.6. The summed E-state index contributed by atoms with van der Waals surface area (Å²) in [5.41, 5.74) is 3.25. The number of aryl methyl sites for hydroxylation is 1. The molecule has 1 N–H and O–H groups in total. The third kappa shape index (κ3) is 4.34. The fraction of sp³-hybridized carbons (Fsp3) is 0.370. The van der Waals surface area contributed by atoms with E-state index in [4.69, 9.17) is 0 Å². The number of aromatic nitrogens is 5. The van der Waals surface area contributed by atoms with Gasteiger partial charge in [0.15, 0.2) is 0 Å². The van der Waals surface area contributed by atoms with Gasteiger partial charge in [0.1, 0.15) is 0 Å². The number of hydrogen-bond acceptors (Lipinski definition) is 5. The van der Waals surface area contributed by atoms with Crippen molar-refractivity contribution in [3.63, 3.8) is 0 Å². The first-order valence-corrected chi connectivity index (χ1v) is 12.8. The molecule has 1 spiro atoms. The van der Waals surface area contributed by atoms with Crippen molar-refractivity contribution in [2.45, 2.75) is 32.0 Å². The average molecular weight is 553 g/mol. The number of urea groups is 1. The van der Waals surface area contributed by atoms with Crippen LogP contribution in [0.3, 0.4) is 0 Å². The third-order valence-corrected chi connectivity index (χ3v) is 8.15. The van der Waals surface area contributed by atoms with Crippen molar-refractivity contribution in [1.82, 2.24) is 34.2 Å². The minimum Gasteiger partial charge on any atom is -0.337 e. The second kappa shape index (κ2) is 9.07. The SMILES string of the molecule is Cc1c(-c2ccc3c(C(=O)N4CC5(CC(N(C)C(=O)Nc6cncc(C(F)(F)F)c6)C5)C4)cnn3c2)cnn1C. The number of rotatable bonds is 4. The van der Waals surface area contributed by atoms with Gasteiger partial charge in [-0.15, -0.1) is 0 Å². The van der Waals surface area contributed by atoms with E-state index in [1.54, 1.807) is 33.5 Å². The number of pyridine rings is 2. The van der Waals surface area contributed by atoms with Gasteiger partial charge in [0.05, 0.1) is 40.9 Å². The van der Waals surface area contributed by atoms with Crippen LogP contribution in [0.15, 0.2) is 49.2 Å². The van der Waals surface area contributed by atoms with E-state index < -0.39 is 17.8 Å². The number of anilines is 1. The van der Waals surface area contributed by atoms with Crippen LogP contribution in [-0.2, 0) is 13.2 Å². The van der Waals surface area contributed by atoms with E-state index in [0.717, 1.165) is 28.4 Å². The molecule has 0 aromatic carbocycles. The lowest BCUT2D eigenvalue weighted by atomic mass is 9.60. The van der Waals surface area contributed by atoms with Crippen molar-refractivity contribution in [3.8, 4) is 11.1 Å². The molecule has 2 aliphatic rings. The van der Waals surface area contributed by atoms with Crippen LogP contribution in [0.5, 0.6) is 0 Å². The summed E-state index contributed by atoms with van der Waals surface area (Å²) in [6, 6.07) is 4.15. The Balaban J connectivity index is 1.05. The van der Waals surface area contributed by atoms with Crippen LogP contribution in [0.1, 0.15) is 34.5 Å². The number of amides is 3. The quantitative estimate of drug-likeness (QED) is 0.409. The highest BCUT2D eigenvalue weighted by molar-refractivity contribution is 6.01.